The van der Waals surface area contributed by atoms with E-state index >= 15 is 0 Å². The van der Waals surface area contributed by atoms with Crippen molar-refractivity contribution in [1.29, 1.82) is 0 Å². The molecule has 2 aromatic heterocycles. The SMILES string of the molecule is COc1cccc(-c2cc(C(=O)N3CC[C@H](n4cc(-c5ccccc5)nn4)C3)n(C)n2)c1. The van der Waals surface area contributed by atoms with Crippen molar-refractivity contribution in [3.05, 3.63) is 72.6 Å². The van der Waals surface area contributed by atoms with Gasteiger partial charge in [-0.3, -0.25) is 9.48 Å². The van der Waals surface area contributed by atoms with E-state index in [1.165, 1.54) is 0 Å². The van der Waals surface area contributed by atoms with E-state index in [1.807, 2.05) is 76.4 Å². The monoisotopic (exact) mass is 428 g/mol. The Morgan fingerprint density at radius 3 is 2.66 bits per heavy atom. The number of aromatic nitrogens is 5. The molecule has 0 unspecified atom stereocenters. The summed E-state index contributed by atoms with van der Waals surface area (Å²) in [7, 11) is 3.43. The number of methoxy groups -OCH3 is 1. The van der Waals surface area contributed by atoms with Crippen LogP contribution in [0.25, 0.3) is 22.5 Å². The van der Waals surface area contributed by atoms with Crippen LogP contribution in [0.2, 0.25) is 0 Å². The lowest BCUT2D eigenvalue weighted by atomic mass is 10.1. The van der Waals surface area contributed by atoms with Crippen molar-refractivity contribution in [2.75, 3.05) is 20.2 Å². The minimum atomic E-state index is -0.0277. The molecule has 1 atom stereocenters. The van der Waals surface area contributed by atoms with Crippen LogP contribution in [0.15, 0.2) is 66.9 Å². The van der Waals surface area contributed by atoms with Crippen LogP contribution in [0.5, 0.6) is 5.75 Å². The Hall–Kier alpha value is -3.94. The molecule has 8 heteroatoms. The fraction of sp³-hybridized carbons (Fsp3) is 0.250. The van der Waals surface area contributed by atoms with Crippen molar-refractivity contribution in [2.45, 2.75) is 12.5 Å². The average Bonchev–Trinajstić information content (AvgIpc) is 3.58. The minimum Gasteiger partial charge on any atom is -0.497 e. The summed E-state index contributed by atoms with van der Waals surface area (Å²) in [5, 5.41) is 13.2. The first-order valence-electron chi connectivity index (χ1n) is 10.6. The lowest BCUT2D eigenvalue weighted by molar-refractivity contribution is 0.0776. The fourth-order valence-corrected chi connectivity index (χ4v) is 4.09. The van der Waals surface area contributed by atoms with E-state index in [-0.39, 0.29) is 11.9 Å². The highest BCUT2D eigenvalue weighted by Crippen LogP contribution is 2.27. The minimum absolute atomic E-state index is 0.0277. The molecule has 0 aliphatic carbocycles. The number of carbonyl (C=O) groups excluding carboxylic acids is 1. The highest BCUT2D eigenvalue weighted by molar-refractivity contribution is 5.94. The second-order valence-corrected chi connectivity index (χ2v) is 7.91. The Balaban J connectivity index is 1.31. The third-order valence-electron chi connectivity index (χ3n) is 5.87. The molecule has 1 aliphatic heterocycles. The Labute approximate surface area is 186 Å². The van der Waals surface area contributed by atoms with Crippen molar-refractivity contribution in [1.82, 2.24) is 29.7 Å². The predicted octanol–water partition coefficient (Wildman–Crippen LogP) is 3.44. The van der Waals surface area contributed by atoms with Crippen LogP contribution in [0, 0.1) is 0 Å². The van der Waals surface area contributed by atoms with Gasteiger partial charge < -0.3 is 9.64 Å². The summed E-state index contributed by atoms with van der Waals surface area (Å²) in [6.07, 6.45) is 2.79. The van der Waals surface area contributed by atoms with Crippen LogP contribution < -0.4 is 4.74 Å². The molecule has 4 aromatic rings. The van der Waals surface area contributed by atoms with Crippen LogP contribution in [0.1, 0.15) is 23.0 Å². The summed E-state index contributed by atoms with van der Waals surface area (Å²) in [4.78, 5) is 15.1. The molecule has 1 aliphatic rings. The Bertz CT molecular complexity index is 1250. The number of aryl methyl sites for hydroxylation is 1. The maximum Gasteiger partial charge on any atom is 0.272 e. The van der Waals surface area contributed by atoms with Crippen LogP contribution >= 0.6 is 0 Å². The highest BCUT2D eigenvalue weighted by Gasteiger charge is 2.30. The van der Waals surface area contributed by atoms with Gasteiger partial charge in [0, 0.05) is 31.3 Å². The first-order valence-corrected chi connectivity index (χ1v) is 10.6. The number of nitrogens with zero attached hydrogens (tertiary/aromatic N) is 6. The van der Waals surface area contributed by atoms with Crippen LogP contribution in [0.4, 0.5) is 0 Å². The average molecular weight is 428 g/mol. The Kier molecular flexibility index (Phi) is 5.18. The highest BCUT2D eigenvalue weighted by atomic mass is 16.5. The van der Waals surface area contributed by atoms with E-state index in [0.29, 0.717) is 18.8 Å². The van der Waals surface area contributed by atoms with E-state index in [2.05, 4.69) is 15.4 Å². The van der Waals surface area contributed by atoms with Crippen LogP contribution in [0.3, 0.4) is 0 Å². The van der Waals surface area contributed by atoms with Gasteiger partial charge in [0.05, 0.1) is 25.0 Å². The van der Waals surface area contributed by atoms with E-state index in [4.69, 9.17) is 4.74 Å². The van der Waals surface area contributed by atoms with E-state index in [9.17, 15) is 4.79 Å². The molecular weight excluding hydrogens is 404 g/mol. The summed E-state index contributed by atoms with van der Waals surface area (Å²) >= 11 is 0. The van der Waals surface area contributed by atoms with E-state index < -0.39 is 0 Å². The number of ether oxygens (including phenoxy) is 1. The maximum atomic E-state index is 13.2. The van der Waals surface area contributed by atoms with Crippen molar-refractivity contribution >= 4 is 5.91 Å². The zero-order valence-electron chi connectivity index (χ0n) is 18.0. The van der Waals surface area contributed by atoms with Gasteiger partial charge in [0.15, 0.2) is 0 Å². The molecule has 32 heavy (non-hydrogen) atoms. The smallest absolute Gasteiger partial charge is 0.272 e. The molecule has 1 amide bonds. The lowest BCUT2D eigenvalue weighted by Gasteiger charge is -2.16. The number of hydrogen-bond donors (Lipinski definition) is 0. The van der Waals surface area contributed by atoms with Gasteiger partial charge in [0.25, 0.3) is 5.91 Å². The lowest BCUT2D eigenvalue weighted by Crippen LogP contribution is -2.30. The number of likely N-dealkylation sites (tertiary alicyclic amines) is 1. The van der Waals surface area contributed by atoms with E-state index in [0.717, 1.165) is 34.7 Å². The molecule has 3 heterocycles. The quantitative estimate of drug-likeness (QED) is 0.487. The van der Waals surface area contributed by atoms with Crippen molar-refractivity contribution in [2.24, 2.45) is 7.05 Å². The standard InChI is InChI=1S/C24H24N6O2/c1-28-23(14-21(26-28)18-9-6-10-20(13-18)32-2)24(31)29-12-11-19(15-29)30-16-22(25-27-30)17-7-4-3-5-8-17/h3-10,13-14,16,19H,11-12,15H2,1-2H3/t19-/m0/s1. The van der Waals surface area contributed by atoms with E-state index in [1.54, 1.807) is 18.8 Å². The summed E-state index contributed by atoms with van der Waals surface area (Å²) < 4.78 is 8.82. The van der Waals surface area contributed by atoms with Gasteiger partial charge in [-0.05, 0) is 24.6 Å². The summed E-state index contributed by atoms with van der Waals surface area (Å²) in [6.45, 7) is 1.26. The molecule has 5 rings (SSSR count). The number of rotatable bonds is 5. The number of benzene rings is 2. The molecule has 1 saturated heterocycles. The van der Waals surface area contributed by atoms with Gasteiger partial charge in [-0.2, -0.15) is 5.10 Å². The third kappa shape index (κ3) is 3.75. The van der Waals surface area contributed by atoms with Crippen molar-refractivity contribution in [3.63, 3.8) is 0 Å². The fourth-order valence-electron chi connectivity index (χ4n) is 4.09. The largest absolute Gasteiger partial charge is 0.497 e. The zero-order valence-corrected chi connectivity index (χ0v) is 18.0. The van der Waals surface area contributed by atoms with Crippen molar-refractivity contribution < 1.29 is 9.53 Å². The van der Waals surface area contributed by atoms with Gasteiger partial charge in [0.2, 0.25) is 0 Å². The summed E-state index contributed by atoms with van der Waals surface area (Å²) in [6, 6.07) is 19.6. The molecule has 8 nitrogen and oxygen atoms in total. The maximum absolute atomic E-state index is 13.2. The molecule has 2 aromatic carbocycles. The van der Waals surface area contributed by atoms with Gasteiger partial charge in [-0.15, -0.1) is 5.10 Å². The molecule has 162 valence electrons. The molecule has 0 N–H and O–H groups in total. The molecule has 1 fully saturated rings. The number of amides is 1. The third-order valence-corrected chi connectivity index (χ3v) is 5.87. The molecular formula is C24H24N6O2. The molecule has 0 saturated carbocycles. The normalized spacial score (nSPS) is 15.8. The second kappa shape index (κ2) is 8.30. The topological polar surface area (TPSA) is 78.1 Å². The number of carbonyl (C=O) groups is 1. The first-order chi connectivity index (χ1) is 15.6. The number of hydrogen-bond acceptors (Lipinski definition) is 5. The van der Waals surface area contributed by atoms with Gasteiger partial charge >= 0.3 is 0 Å². The zero-order chi connectivity index (χ0) is 22.1. The second-order valence-electron chi connectivity index (χ2n) is 7.91. The predicted molar refractivity (Wildman–Crippen MR) is 120 cm³/mol. The Morgan fingerprint density at radius 2 is 1.84 bits per heavy atom. The molecule has 0 radical (unpaired) electrons. The Morgan fingerprint density at radius 1 is 1.03 bits per heavy atom. The van der Waals surface area contributed by atoms with Gasteiger partial charge in [-0.25, -0.2) is 4.68 Å². The summed E-state index contributed by atoms with van der Waals surface area (Å²) in [5.74, 6) is 0.728. The van der Waals surface area contributed by atoms with Gasteiger partial charge in [-0.1, -0.05) is 47.7 Å². The summed E-state index contributed by atoms with van der Waals surface area (Å²) in [5.41, 5.74) is 4.09. The van der Waals surface area contributed by atoms with Gasteiger partial charge in [0.1, 0.15) is 17.1 Å². The first kappa shape index (κ1) is 20.0. The van der Waals surface area contributed by atoms with Crippen LogP contribution in [-0.2, 0) is 7.05 Å². The van der Waals surface area contributed by atoms with Crippen molar-refractivity contribution in [3.8, 4) is 28.3 Å². The van der Waals surface area contributed by atoms with Crippen LogP contribution in [-0.4, -0.2) is 55.8 Å². The molecule has 0 spiro atoms. The molecule has 0 bridgehead atoms.